The third-order valence-corrected chi connectivity index (χ3v) is 2.31. The highest BCUT2D eigenvalue weighted by Crippen LogP contribution is 2.23. The summed E-state index contributed by atoms with van der Waals surface area (Å²) < 4.78 is 4.92. The average Bonchev–Trinajstić information content (AvgIpc) is 2.14. The molecule has 0 rings (SSSR count). The summed E-state index contributed by atoms with van der Waals surface area (Å²) in [5.74, 6) is 0.314. The highest BCUT2D eigenvalue weighted by atomic mass is 16.5. The van der Waals surface area contributed by atoms with Gasteiger partial charge in [-0.05, 0) is 18.3 Å². The van der Waals surface area contributed by atoms with Crippen LogP contribution in [0.3, 0.4) is 0 Å². The summed E-state index contributed by atoms with van der Waals surface area (Å²) in [6.45, 7) is 10.6. The van der Waals surface area contributed by atoms with E-state index in [1.165, 1.54) is 0 Å². The van der Waals surface area contributed by atoms with Crippen LogP contribution in [0.25, 0.3) is 0 Å². The molecule has 0 saturated carbocycles. The molecule has 0 radical (unpaired) electrons. The molecule has 0 heterocycles. The van der Waals surface area contributed by atoms with Gasteiger partial charge in [-0.2, -0.15) is 0 Å². The number of carbonyl (C=O) groups is 1. The summed E-state index contributed by atoms with van der Waals surface area (Å²) in [6.07, 6.45) is 0.911. The van der Waals surface area contributed by atoms with E-state index in [2.05, 4.69) is 20.4 Å². The van der Waals surface area contributed by atoms with Gasteiger partial charge in [0.2, 0.25) is 0 Å². The summed E-state index contributed by atoms with van der Waals surface area (Å²) in [4.78, 5) is 11.4. The molecule has 1 atom stereocenters. The van der Waals surface area contributed by atoms with E-state index in [4.69, 9.17) is 10.5 Å². The summed E-state index contributed by atoms with van der Waals surface area (Å²) in [5, 5.41) is 0. The molecular weight excluding hydrogens is 178 g/mol. The van der Waals surface area contributed by atoms with E-state index in [1.54, 1.807) is 0 Å². The SMILES string of the molecule is C=C(C(=O)OCCN)C(CC)C(C)C. The summed E-state index contributed by atoms with van der Waals surface area (Å²) in [6, 6.07) is 0. The van der Waals surface area contributed by atoms with Crippen LogP contribution >= 0.6 is 0 Å². The lowest BCUT2D eigenvalue weighted by atomic mass is 9.87. The van der Waals surface area contributed by atoms with E-state index in [-0.39, 0.29) is 18.5 Å². The quantitative estimate of drug-likeness (QED) is 0.523. The maximum Gasteiger partial charge on any atom is 0.333 e. The molecular formula is C11H21NO2. The van der Waals surface area contributed by atoms with Crippen LogP contribution in [0.1, 0.15) is 27.2 Å². The van der Waals surface area contributed by atoms with Crippen molar-refractivity contribution in [2.75, 3.05) is 13.2 Å². The Morgan fingerprint density at radius 3 is 2.43 bits per heavy atom. The molecule has 1 unspecified atom stereocenters. The van der Waals surface area contributed by atoms with Crippen molar-refractivity contribution in [3.63, 3.8) is 0 Å². The van der Waals surface area contributed by atoms with E-state index in [1.807, 2.05) is 6.92 Å². The smallest absolute Gasteiger partial charge is 0.333 e. The van der Waals surface area contributed by atoms with Gasteiger partial charge >= 0.3 is 5.97 Å². The van der Waals surface area contributed by atoms with Crippen molar-refractivity contribution in [2.24, 2.45) is 17.6 Å². The zero-order valence-corrected chi connectivity index (χ0v) is 9.38. The fourth-order valence-corrected chi connectivity index (χ4v) is 1.52. The molecule has 2 N–H and O–H groups in total. The highest BCUT2D eigenvalue weighted by molar-refractivity contribution is 5.88. The van der Waals surface area contributed by atoms with Crippen molar-refractivity contribution in [1.29, 1.82) is 0 Å². The number of nitrogens with two attached hydrogens (primary N) is 1. The van der Waals surface area contributed by atoms with E-state index >= 15 is 0 Å². The third kappa shape index (κ3) is 3.92. The second-order valence-corrected chi connectivity index (χ2v) is 3.71. The van der Waals surface area contributed by atoms with Gasteiger partial charge in [-0.3, -0.25) is 0 Å². The summed E-state index contributed by atoms with van der Waals surface area (Å²) in [5.41, 5.74) is 5.80. The monoisotopic (exact) mass is 199 g/mol. The first-order valence-corrected chi connectivity index (χ1v) is 5.10. The van der Waals surface area contributed by atoms with Crippen molar-refractivity contribution in [2.45, 2.75) is 27.2 Å². The Morgan fingerprint density at radius 1 is 1.50 bits per heavy atom. The van der Waals surface area contributed by atoms with Crippen LogP contribution in [0.2, 0.25) is 0 Å². The van der Waals surface area contributed by atoms with Crippen LogP contribution in [0.15, 0.2) is 12.2 Å². The molecule has 0 aromatic carbocycles. The molecule has 0 spiro atoms. The first-order chi connectivity index (χ1) is 6.54. The summed E-state index contributed by atoms with van der Waals surface area (Å²) in [7, 11) is 0. The predicted octanol–water partition coefficient (Wildman–Crippen LogP) is 1.73. The number of ether oxygens (including phenoxy) is 1. The van der Waals surface area contributed by atoms with Crippen LogP contribution in [0.5, 0.6) is 0 Å². The first kappa shape index (κ1) is 13.2. The minimum Gasteiger partial charge on any atom is -0.461 e. The number of hydrogen-bond acceptors (Lipinski definition) is 3. The van der Waals surface area contributed by atoms with E-state index in [0.29, 0.717) is 18.0 Å². The minimum absolute atomic E-state index is 0.209. The molecule has 3 heteroatoms. The molecule has 0 aliphatic carbocycles. The minimum atomic E-state index is -0.309. The van der Waals surface area contributed by atoms with Crippen molar-refractivity contribution in [1.82, 2.24) is 0 Å². The van der Waals surface area contributed by atoms with E-state index < -0.39 is 0 Å². The van der Waals surface area contributed by atoms with E-state index in [9.17, 15) is 4.79 Å². The van der Waals surface area contributed by atoms with Gasteiger partial charge < -0.3 is 10.5 Å². The number of rotatable bonds is 6. The summed E-state index contributed by atoms with van der Waals surface area (Å²) >= 11 is 0. The van der Waals surface area contributed by atoms with Gasteiger partial charge in [0.1, 0.15) is 6.61 Å². The molecule has 3 nitrogen and oxygen atoms in total. The maximum absolute atomic E-state index is 11.4. The molecule has 0 aromatic heterocycles. The molecule has 0 aliphatic rings. The van der Waals surface area contributed by atoms with Crippen LogP contribution < -0.4 is 5.73 Å². The second kappa shape index (κ2) is 6.60. The van der Waals surface area contributed by atoms with Gasteiger partial charge in [0.05, 0.1) is 0 Å². The Labute approximate surface area is 86.3 Å². The number of esters is 1. The lowest BCUT2D eigenvalue weighted by molar-refractivity contribution is -0.139. The lowest BCUT2D eigenvalue weighted by Crippen LogP contribution is -2.21. The van der Waals surface area contributed by atoms with Gasteiger partial charge in [0.15, 0.2) is 0 Å². The Hall–Kier alpha value is -0.830. The maximum atomic E-state index is 11.4. The van der Waals surface area contributed by atoms with Crippen LogP contribution in [0.4, 0.5) is 0 Å². The Bertz CT molecular complexity index is 199. The fraction of sp³-hybridized carbons (Fsp3) is 0.727. The fourth-order valence-electron chi connectivity index (χ4n) is 1.52. The molecule has 0 fully saturated rings. The molecule has 0 aliphatic heterocycles. The highest BCUT2D eigenvalue weighted by Gasteiger charge is 2.21. The van der Waals surface area contributed by atoms with Gasteiger partial charge in [-0.25, -0.2) is 4.79 Å². The van der Waals surface area contributed by atoms with Crippen LogP contribution in [-0.2, 0) is 9.53 Å². The van der Waals surface area contributed by atoms with Crippen LogP contribution in [-0.4, -0.2) is 19.1 Å². The van der Waals surface area contributed by atoms with Crippen molar-refractivity contribution in [3.8, 4) is 0 Å². The van der Waals surface area contributed by atoms with Gasteiger partial charge in [0, 0.05) is 12.1 Å². The van der Waals surface area contributed by atoms with Gasteiger partial charge in [-0.15, -0.1) is 0 Å². The molecule has 0 amide bonds. The topological polar surface area (TPSA) is 52.3 Å². The van der Waals surface area contributed by atoms with Crippen molar-refractivity contribution >= 4 is 5.97 Å². The Balaban J connectivity index is 4.21. The largest absolute Gasteiger partial charge is 0.461 e. The van der Waals surface area contributed by atoms with Gasteiger partial charge in [0.25, 0.3) is 0 Å². The standard InChI is InChI=1S/C11H21NO2/c1-5-10(8(2)3)9(4)11(13)14-7-6-12/h8,10H,4-7,12H2,1-3H3. The van der Waals surface area contributed by atoms with E-state index in [0.717, 1.165) is 6.42 Å². The average molecular weight is 199 g/mol. The number of carbonyl (C=O) groups excluding carboxylic acids is 1. The Kier molecular flexibility index (Phi) is 6.21. The van der Waals surface area contributed by atoms with Gasteiger partial charge in [-0.1, -0.05) is 27.4 Å². The second-order valence-electron chi connectivity index (χ2n) is 3.71. The lowest BCUT2D eigenvalue weighted by Gasteiger charge is -2.20. The zero-order chi connectivity index (χ0) is 11.1. The predicted molar refractivity (Wildman–Crippen MR) is 57.8 cm³/mol. The number of hydrogen-bond donors (Lipinski definition) is 1. The molecule has 0 aromatic rings. The normalized spacial score (nSPS) is 12.6. The first-order valence-electron chi connectivity index (χ1n) is 5.10. The molecule has 0 bridgehead atoms. The van der Waals surface area contributed by atoms with Crippen molar-refractivity contribution < 1.29 is 9.53 Å². The Morgan fingerprint density at radius 2 is 2.07 bits per heavy atom. The van der Waals surface area contributed by atoms with Crippen LogP contribution in [0, 0.1) is 11.8 Å². The molecule has 0 saturated heterocycles. The molecule has 14 heavy (non-hydrogen) atoms. The van der Waals surface area contributed by atoms with Crippen molar-refractivity contribution in [3.05, 3.63) is 12.2 Å². The molecule has 82 valence electrons. The zero-order valence-electron chi connectivity index (χ0n) is 9.38. The third-order valence-electron chi connectivity index (χ3n) is 2.31.